The zero-order chi connectivity index (χ0) is 29.3. The lowest BCUT2D eigenvalue weighted by Crippen LogP contribution is -2.41. The molecule has 0 N–H and O–H groups in total. The van der Waals surface area contributed by atoms with Gasteiger partial charge >= 0.3 is 11.9 Å². The zero-order valence-electron chi connectivity index (χ0n) is 20.0. The van der Waals surface area contributed by atoms with Crippen LogP contribution in [0.3, 0.4) is 0 Å². The van der Waals surface area contributed by atoms with Crippen LogP contribution in [-0.4, -0.2) is 29.2 Å². The van der Waals surface area contributed by atoms with Crippen molar-refractivity contribution < 1.29 is 30.8 Å². The Labute approximate surface area is 223 Å². The largest absolute Gasteiger partial charge is 0.431 e. The van der Waals surface area contributed by atoms with E-state index in [0.717, 1.165) is 6.08 Å². The summed E-state index contributed by atoms with van der Waals surface area (Å²) < 4.78 is 80.8. The van der Waals surface area contributed by atoms with Gasteiger partial charge in [0.05, 0.1) is 22.7 Å². The summed E-state index contributed by atoms with van der Waals surface area (Å²) in [5, 5.41) is 9.78. The summed E-state index contributed by atoms with van der Waals surface area (Å²) in [4.78, 5) is 38.3. The van der Waals surface area contributed by atoms with Gasteiger partial charge in [-0.1, -0.05) is 29.8 Å². The molecule has 2 aromatic carbocycles. The van der Waals surface area contributed by atoms with Crippen molar-refractivity contribution in [1.82, 2.24) is 9.13 Å². The van der Waals surface area contributed by atoms with Crippen molar-refractivity contribution in [2.45, 2.75) is 13.1 Å². The second-order valence-corrected chi connectivity index (χ2v) is 10.3. The molecule has 3 rings (SSSR count). The van der Waals surface area contributed by atoms with E-state index in [1.807, 2.05) is 0 Å². The van der Waals surface area contributed by atoms with E-state index < -0.39 is 67.6 Å². The van der Waals surface area contributed by atoms with Crippen molar-refractivity contribution in [3.63, 3.8) is 0 Å². The predicted molar refractivity (Wildman–Crippen MR) is 134 cm³/mol. The van der Waals surface area contributed by atoms with E-state index in [1.165, 1.54) is 31.2 Å². The van der Waals surface area contributed by atoms with Crippen LogP contribution in [-0.2, 0) is 28.0 Å². The molecule has 0 saturated heterocycles. The molecule has 0 bridgehead atoms. The Hall–Kier alpha value is -4.22. The van der Waals surface area contributed by atoms with Crippen LogP contribution < -0.4 is 15.6 Å². The monoisotopic (exact) mass is 584 g/mol. The van der Waals surface area contributed by atoms with Crippen LogP contribution in [0.2, 0.25) is 5.02 Å². The molecule has 3 aromatic rings. The van der Waals surface area contributed by atoms with Crippen molar-refractivity contribution in [2.75, 3.05) is 10.1 Å². The van der Waals surface area contributed by atoms with Crippen molar-refractivity contribution >= 4 is 39.3 Å². The summed E-state index contributed by atoms with van der Waals surface area (Å²) in [6, 6.07) is 8.84. The molecule has 1 amide bonds. The first-order chi connectivity index (χ1) is 18.1. The molecule has 0 aliphatic rings. The molecule has 15 heteroatoms. The highest BCUT2D eigenvalue weighted by molar-refractivity contribution is 7.93. The molecule has 0 fully saturated rings. The Bertz CT molecular complexity index is 1770. The number of anilines is 1. The van der Waals surface area contributed by atoms with E-state index in [4.69, 9.17) is 11.6 Å². The summed E-state index contributed by atoms with van der Waals surface area (Å²) in [5.74, 6) is -3.31. The van der Waals surface area contributed by atoms with E-state index in [9.17, 15) is 41.2 Å². The Morgan fingerprint density at radius 2 is 1.82 bits per heavy atom. The number of nitriles is 1. The van der Waals surface area contributed by atoms with Gasteiger partial charge in [-0.3, -0.25) is 14.2 Å². The highest BCUT2D eigenvalue weighted by Gasteiger charge is 2.36. The number of nitrogens with zero attached hydrogens (tertiary/aromatic N) is 4. The van der Waals surface area contributed by atoms with Gasteiger partial charge in [0.2, 0.25) is 10.0 Å². The molecule has 204 valence electrons. The average Bonchev–Trinajstić information content (AvgIpc) is 2.86. The minimum atomic E-state index is -5.09. The Morgan fingerprint density at radius 3 is 2.38 bits per heavy atom. The molecule has 1 heterocycles. The van der Waals surface area contributed by atoms with E-state index >= 15 is 4.39 Å². The Balaban J connectivity index is 2.31. The van der Waals surface area contributed by atoms with E-state index in [2.05, 4.69) is 0 Å². The van der Waals surface area contributed by atoms with Crippen LogP contribution in [0.1, 0.15) is 23.7 Å². The summed E-state index contributed by atoms with van der Waals surface area (Å²) in [6.07, 6.45) is -3.08. The number of sulfonamides is 1. The number of hydrogen-bond donors (Lipinski definition) is 0. The van der Waals surface area contributed by atoms with Gasteiger partial charge in [0.25, 0.3) is 11.5 Å². The van der Waals surface area contributed by atoms with Crippen LogP contribution in [0.15, 0.2) is 58.1 Å². The second-order valence-electron chi connectivity index (χ2n) is 7.83. The predicted octanol–water partition coefficient (Wildman–Crippen LogP) is 3.62. The maximum atomic E-state index is 15.0. The number of hydrogen-bond acceptors (Lipinski definition) is 6. The van der Waals surface area contributed by atoms with Gasteiger partial charge in [-0.05, 0) is 36.8 Å². The number of benzene rings is 2. The number of halogens is 5. The first kappa shape index (κ1) is 29.3. The smallest absolute Gasteiger partial charge is 0.292 e. The Morgan fingerprint density at radius 1 is 1.18 bits per heavy atom. The van der Waals surface area contributed by atoms with Gasteiger partial charge in [0, 0.05) is 24.2 Å². The van der Waals surface area contributed by atoms with Crippen molar-refractivity contribution in [3.8, 4) is 11.8 Å². The summed E-state index contributed by atoms with van der Waals surface area (Å²) >= 11 is 6.04. The number of amides is 1. The maximum absolute atomic E-state index is 15.0. The van der Waals surface area contributed by atoms with E-state index in [1.54, 1.807) is 12.1 Å². The molecular formula is C24H17ClF4N4O5S. The van der Waals surface area contributed by atoms with Gasteiger partial charge in [-0.15, -0.1) is 0 Å². The molecule has 39 heavy (non-hydrogen) atoms. The maximum Gasteiger partial charge on any atom is 0.431 e. The molecule has 1 aromatic heterocycles. The minimum absolute atomic E-state index is 0.0238. The third-order valence-electron chi connectivity index (χ3n) is 5.41. The fourth-order valence-corrected chi connectivity index (χ4v) is 4.72. The molecule has 0 unspecified atom stereocenters. The third kappa shape index (κ3) is 5.79. The van der Waals surface area contributed by atoms with Crippen LogP contribution in [0.4, 0.5) is 23.2 Å². The van der Waals surface area contributed by atoms with Gasteiger partial charge in [0.15, 0.2) is 0 Å². The van der Waals surface area contributed by atoms with Crippen LogP contribution in [0.25, 0.3) is 11.8 Å². The van der Waals surface area contributed by atoms with Crippen LogP contribution in [0, 0.1) is 17.1 Å². The highest BCUT2D eigenvalue weighted by Crippen LogP contribution is 2.30. The fourth-order valence-electron chi connectivity index (χ4n) is 3.47. The molecule has 0 saturated carbocycles. The quantitative estimate of drug-likeness (QED) is 0.322. The summed E-state index contributed by atoms with van der Waals surface area (Å²) in [7, 11) is -3.82. The summed E-state index contributed by atoms with van der Waals surface area (Å²) in [6.45, 7) is 1.18. The third-order valence-corrected chi connectivity index (χ3v) is 7.42. The normalized spacial score (nSPS) is 11.9. The number of carbonyl (C=O) groups excluding carboxylic acids is 1. The fraction of sp³-hybridized carbons (Fsp3) is 0.167. The molecule has 0 aliphatic carbocycles. The van der Waals surface area contributed by atoms with Gasteiger partial charge in [-0.25, -0.2) is 26.5 Å². The van der Waals surface area contributed by atoms with Gasteiger partial charge < -0.3 is 0 Å². The van der Waals surface area contributed by atoms with E-state index in [-0.39, 0.29) is 24.5 Å². The van der Waals surface area contributed by atoms with Gasteiger partial charge in [0.1, 0.15) is 17.6 Å². The molecule has 0 aliphatic heterocycles. The standard InChI is InChI=1S/C24H17ClF4N4O5S/c1-3-39(37,38)33(21(34)9-8-14-6-4-5-7-16(14)25)18-11-19(17(26)10-15(18)13-30)32-22(35)12-20(24(27,28)29)31(2)23(32)36/h4-12H,3H2,1-2H3/b9-8+. The first-order valence-corrected chi connectivity index (χ1v) is 12.8. The highest BCUT2D eigenvalue weighted by atomic mass is 35.5. The van der Waals surface area contributed by atoms with Crippen molar-refractivity contribution in [1.29, 1.82) is 5.26 Å². The van der Waals surface area contributed by atoms with Crippen molar-refractivity contribution in [2.24, 2.45) is 7.05 Å². The molecule has 0 radical (unpaired) electrons. The second kappa shape index (κ2) is 10.9. The number of carbonyl (C=O) groups is 1. The molecular weight excluding hydrogens is 568 g/mol. The lowest BCUT2D eigenvalue weighted by molar-refractivity contribution is -0.144. The summed E-state index contributed by atoms with van der Waals surface area (Å²) in [5.41, 5.74) is -6.88. The van der Waals surface area contributed by atoms with Crippen molar-refractivity contribution in [3.05, 3.63) is 97.0 Å². The lowest BCUT2D eigenvalue weighted by atomic mass is 10.1. The number of aromatic nitrogens is 2. The van der Waals surface area contributed by atoms with Crippen LogP contribution >= 0.6 is 11.6 Å². The molecule has 0 atom stereocenters. The lowest BCUT2D eigenvalue weighted by Gasteiger charge is -2.23. The number of rotatable bonds is 6. The zero-order valence-corrected chi connectivity index (χ0v) is 21.6. The number of alkyl halides is 3. The van der Waals surface area contributed by atoms with Gasteiger partial charge in [-0.2, -0.15) is 18.4 Å². The topological polar surface area (TPSA) is 122 Å². The molecule has 9 nitrogen and oxygen atoms in total. The van der Waals surface area contributed by atoms with Crippen LogP contribution in [0.5, 0.6) is 0 Å². The van der Waals surface area contributed by atoms with E-state index in [0.29, 0.717) is 24.7 Å². The first-order valence-electron chi connectivity index (χ1n) is 10.8. The SMILES string of the molecule is CCS(=O)(=O)N(C(=O)/C=C/c1ccccc1Cl)c1cc(-n2c(=O)cc(C(F)(F)F)n(C)c2=O)c(F)cc1C#N. The minimum Gasteiger partial charge on any atom is -0.292 e. The molecule has 0 spiro atoms. The average molecular weight is 585 g/mol. The Kier molecular flexibility index (Phi) is 8.18.